The summed E-state index contributed by atoms with van der Waals surface area (Å²) in [5.41, 5.74) is 2.44. The van der Waals surface area contributed by atoms with E-state index in [2.05, 4.69) is 0 Å². The van der Waals surface area contributed by atoms with E-state index in [-0.39, 0.29) is 23.0 Å². The van der Waals surface area contributed by atoms with Crippen molar-refractivity contribution in [2.45, 2.75) is 25.7 Å². The number of hydrogen-bond acceptors (Lipinski definition) is 7. The molecule has 3 aromatic rings. The fraction of sp³-hybridized carbons (Fsp3) is 0.182. The minimum atomic E-state index is -0.582. The molecule has 0 atom stereocenters. The molecule has 0 unspecified atom stereocenters. The van der Waals surface area contributed by atoms with Crippen molar-refractivity contribution in [3.8, 4) is 40.2 Å². The van der Waals surface area contributed by atoms with Crippen LogP contribution in [0.5, 0.6) is 40.2 Å². The highest BCUT2D eigenvalue weighted by Gasteiger charge is 2.12. The molecule has 0 aliphatic heterocycles. The van der Waals surface area contributed by atoms with Crippen LogP contribution < -0.4 is 0 Å². The molecule has 3 aromatic carbocycles. The van der Waals surface area contributed by atoms with Gasteiger partial charge < -0.3 is 35.7 Å². The van der Waals surface area contributed by atoms with Gasteiger partial charge in [-0.3, -0.25) is 0 Å². The molecule has 0 fully saturated rings. The largest absolute Gasteiger partial charge is 0.508 e. The van der Waals surface area contributed by atoms with Gasteiger partial charge in [0.15, 0.2) is 17.2 Å². The first-order chi connectivity index (χ1) is 13.7. The maximum Gasteiger partial charge on any atom is 0.200 e. The summed E-state index contributed by atoms with van der Waals surface area (Å²) < 4.78 is 0. The monoisotopic (exact) mass is 398 g/mol. The standard InChI is InChI=1S/C22H22O7/c23-16-5-12(6-17(24)10-16)1-3-14-9-15(19(26)11-18(14)25)4-2-13-7-20(27)22(29)21(28)8-13/h5-11,23-29H,1-4H2. The Balaban J connectivity index is 1.75. The molecule has 7 nitrogen and oxygen atoms in total. The van der Waals surface area contributed by atoms with Crippen LogP contribution in [0.2, 0.25) is 0 Å². The van der Waals surface area contributed by atoms with Crippen LogP contribution in [0.3, 0.4) is 0 Å². The second-order valence-corrected chi connectivity index (χ2v) is 6.95. The van der Waals surface area contributed by atoms with Crippen molar-refractivity contribution in [1.82, 2.24) is 0 Å². The van der Waals surface area contributed by atoms with Crippen molar-refractivity contribution in [3.05, 3.63) is 64.7 Å². The second kappa shape index (κ2) is 8.10. The molecule has 0 saturated carbocycles. The van der Waals surface area contributed by atoms with E-state index in [4.69, 9.17) is 0 Å². The van der Waals surface area contributed by atoms with Gasteiger partial charge in [0.2, 0.25) is 0 Å². The predicted octanol–water partition coefficient (Wildman–Crippen LogP) is 3.20. The number of aryl methyl sites for hydroxylation is 4. The molecule has 7 N–H and O–H groups in total. The van der Waals surface area contributed by atoms with Gasteiger partial charge in [-0.25, -0.2) is 0 Å². The maximum absolute atomic E-state index is 10.1. The summed E-state index contributed by atoms with van der Waals surface area (Å²) in [4.78, 5) is 0. The number of rotatable bonds is 6. The Morgan fingerprint density at radius 1 is 0.414 bits per heavy atom. The Labute approximate surface area is 167 Å². The van der Waals surface area contributed by atoms with Crippen LogP contribution >= 0.6 is 0 Å². The normalized spacial score (nSPS) is 10.9. The third-order valence-corrected chi connectivity index (χ3v) is 4.74. The summed E-state index contributed by atoms with van der Waals surface area (Å²) in [5.74, 6) is -1.66. The number of phenolic OH excluding ortho intramolecular Hbond substituents is 7. The van der Waals surface area contributed by atoms with Crippen molar-refractivity contribution in [2.24, 2.45) is 0 Å². The molecule has 0 radical (unpaired) electrons. The van der Waals surface area contributed by atoms with E-state index >= 15 is 0 Å². The van der Waals surface area contributed by atoms with E-state index in [0.29, 0.717) is 47.9 Å². The van der Waals surface area contributed by atoms with E-state index in [9.17, 15) is 35.7 Å². The van der Waals surface area contributed by atoms with Gasteiger partial charge in [0.1, 0.15) is 23.0 Å². The lowest BCUT2D eigenvalue weighted by atomic mass is 9.97. The van der Waals surface area contributed by atoms with E-state index in [1.54, 1.807) is 6.07 Å². The van der Waals surface area contributed by atoms with Gasteiger partial charge in [-0.2, -0.15) is 0 Å². The van der Waals surface area contributed by atoms with E-state index < -0.39 is 17.2 Å². The third-order valence-electron chi connectivity index (χ3n) is 4.74. The minimum Gasteiger partial charge on any atom is -0.508 e. The van der Waals surface area contributed by atoms with E-state index in [1.165, 1.54) is 36.4 Å². The van der Waals surface area contributed by atoms with Crippen molar-refractivity contribution >= 4 is 0 Å². The van der Waals surface area contributed by atoms with Gasteiger partial charge >= 0.3 is 0 Å². The van der Waals surface area contributed by atoms with Crippen LogP contribution in [0.15, 0.2) is 42.5 Å². The SMILES string of the molecule is Oc1cc(O)cc(CCc2cc(CCc3cc(O)c(O)c(O)c3)c(O)cc2O)c1. The molecule has 0 aliphatic rings. The van der Waals surface area contributed by atoms with E-state index in [1.807, 2.05) is 0 Å². The molecule has 7 heteroatoms. The quantitative estimate of drug-likeness (QED) is 0.316. The van der Waals surface area contributed by atoms with Gasteiger partial charge in [0, 0.05) is 12.1 Å². The van der Waals surface area contributed by atoms with Crippen molar-refractivity contribution in [2.75, 3.05) is 0 Å². The summed E-state index contributed by atoms with van der Waals surface area (Å²) >= 11 is 0. The molecule has 152 valence electrons. The Kier molecular flexibility index (Phi) is 5.59. The Bertz CT molecular complexity index is 1000. The number of aromatic hydroxyl groups is 7. The van der Waals surface area contributed by atoms with Crippen molar-refractivity contribution < 1.29 is 35.7 Å². The topological polar surface area (TPSA) is 142 Å². The average Bonchev–Trinajstić information content (AvgIpc) is 2.63. The molecule has 29 heavy (non-hydrogen) atoms. The molecule has 0 bridgehead atoms. The van der Waals surface area contributed by atoms with Crippen LogP contribution in [0, 0.1) is 0 Å². The average molecular weight is 398 g/mol. The van der Waals surface area contributed by atoms with Gasteiger partial charge in [-0.05, 0) is 78.3 Å². The Hall–Kier alpha value is -3.74. The number of hydrogen-bond donors (Lipinski definition) is 7. The van der Waals surface area contributed by atoms with E-state index in [0.717, 1.165) is 0 Å². The second-order valence-electron chi connectivity index (χ2n) is 6.95. The van der Waals surface area contributed by atoms with Crippen LogP contribution in [-0.2, 0) is 25.7 Å². The van der Waals surface area contributed by atoms with Gasteiger partial charge in [0.25, 0.3) is 0 Å². The van der Waals surface area contributed by atoms with Crippen LogP contribution in [0.1, 0.15) is 22.3 Å². The molecular formula is C22H22O7. The number of benzene rings is 3. The highest BCUT2D eigenvalue weighted by atomic mass is 16.3. The zero-order valence-electron chi connectivity index (χ0n) is 15.5. The zero-order valence-corrected chi connectivity index (χ0v) is 15.5. The summed E-state index contributed by atoms with van der Waals surface area (Å²) in [6.07, 6.45) is 1.62. The summed E-state index contributed by atoms with van der Waals surface area (Å²) in [6, 6.07) is 9.90. The predicted molar refractivity (Wildman–Crippen MR) is 106 cm³/mol. The minimum absolute atomic E-state index is 0.0454. The molecule has 0 aliphatic carbocycles. The Morgan fingerprint density at radius 2 is 0.862 bits per heavy atom. The molecule has 0 heterocycles. The van der Waals surface area contributed by atoms with Crippen LogP contribution in [0.4, 0.5) is 0 Å². The number of phenols is 7. The van der Waals surface area contributed by atoms with Crippen molar-refractivity contribution in [3.63, 3.8) is 0 Å². The smallest absolute Gasteiger partial charge is 0.200 e. The maximum atomic E-state index is 10.1. The molecule has 0 amide bonds. The molecule has 0 saturated heterocycles. The first-order valence-corrected chi connectivity index (χ1v) is 9.02. The molecule has 0 aromatic heterocycles. The highest BCUT2D eigenvalue weighted by molar-refractivity contribution is 5.51. The molecular weight excluding hydrogens is 376 g/mol. The van der Waals surface area contributed by atoms with Gasteiger partial charge in [0.05, 0.1) is 0 Å². The fourth-order valence-corrected chi connectivity index (χ4v) is 3.24. The molecule has 3 rings (SSSR count). The first kappa shape index (κ1) is 20.0. The summed E-state index contributed by atoms with van der Waals surface area (Å²) in [7, 11) is 0. The highest BCUT2D eigenvalue weighted by Crippen LogP contribution is 2.36. The summed E-state index contributed by atoms with van der Waals surface area (Å²) in [5, 5.41) is 68.0. The summed E-state index contributed by atoms with van der Waals surface area (Å²) in [6.45, 7) is 0. The fourth-order valence-electron chi connectivity index (χ4n) is 3.24. The van der Waals surface area contributed by atoms with Gasteiger partial charge in [-0.1, -0.05) is 0 Å². The van der Waals surface area contributed by atoms with Crippen LogP contribution in [0.25, 0.3) is 0 Å². The van der Waals surface area contributed by atoms with Crippen LogP contribution in [-0.4, -0.2) is 35.7 Å². The lowest BCUT2D eigenvalue weighted by Gasteiger charge is -2.12. The lowest BCUT2D eigenvalue weighted by molar-refractivity contribution is 0.367. The molecule has 0 spiro atoms. The van der Waals surface area contributed by atoms with Crippen molar-refractivity contribution in [1.29, 1.82) is 0 Å². The zero-order chi connectivity index (χ0) is 21.1. The first-order valence-electron chi connectivity index (χ1n) is 9.02. The van der Waals surface area contributed by atoms with Gasteiger partial charge in [-0.15, -0.1) is 0 Å². The lowest BCUT2D eigenvalue weighted by Crippen LogP contribution is -1.97. The third kappa shape index (κ3) is 4.76. The Morgan fingerprint density at radius 3 is 1.34 bits per heavy atom.